The standard InChI is InChI=1S/C13H20N2O2S/c1-5-9(4)7-18-10-6-14-12(8(2)3)15-11(10)13(16)17/h6,8-9H,5,7H2,1-4H3,(H,16,17). The van der Waals surface area contributed by atoms with E-state index < -0.39 is 5.97 Å². The summed E-state index contributed by atoms with van der Waals surface area (Å²) in [5.41, 5.74) is 0.127. The van der Waals surface area contributed by atoms with Gasteiger partial charge in [-0.15, -0.1) is 11.8 Å². The predicted octanol–water partition coefficient (Wildman–Crippen LogP) is 3.44. The van der Waals surface area contributed by atoms with Crippen molar-refractivity contribution in [2.75, 3.05) is 5.75 Å². The van der Waals surface area contributed by atoms with Crippen LogP contribution >= 0.6 is 11.8 Å². The molecule has 0 aliphatic rings. The van der Waals surface area contributed by atoms with E-state index >= 15 is 0 Å². The third kappa shape index (κ3) is 3.98. The van der Waals surface area contributed by atoms with Crippen molar-refractivity contribution in [1.29, 1.82) is 0 Å². The van der Waals surface area contributed by atoms with Crippen LogP contribution in [0.4, 0.5) is 0 Å². The minimum atomic E-state index is -0.981. The van der Waals surface area contributed by atoms with Gasteiger partial charge in [-0.05, 0) is 5.92 Å². The van der Waals surface area contributed by atoms with E-state index in [4.69, 9.17) is 0 Å². The van der Waals surface area contributed by atoms with Gasteiger partial charge in [-0.1, -0.05) is 34.1 Å². The van der Waals surface area contributed by atoms with Crippen LogP contribution < -0.4 is 0 Å². The monoisotopic (exact) mass is 268 g/mol. The minimum Gasteiger partial charge on any atom is -0.476 e. The summed E-state index contributed by atoms with van der Waals surface area (Å²) in [6.07, 6.45) is 2.72. The van der Waals surface area contributed by atoms with Crippen LogP contribution in [0.1, 0.15) is 56.3 Å². The van der Waals surface area contributed by atoms with E-state index in [2.05, 4.69) is 23.8 Å². The highest BCUT2D eigenvalue weighted by atomic mass is 32.2. The van der Waals surface area contributed by atoms with Crippen molar-refractivity contribution in [3.63, 3.8) is 0 Å². The van der Waals surface area contributed by atoms with E-state index in [0.717, 1.165) is 12.2 Å². The Balaban J connectivity index is 2.93. The summed E-state index contributed by atoms with van der Waals surface area (Å²) >= 11 is 1.52. The molecule has 0 fully saturated rings. The lowest BCUT2D eigenvalue weighted by Crippen LogP contribution is -2.09. The van der Waals surface area contributed by atoms with Crippen LogP contribution in [0.3, 0.4) is 0 Å². The number of hydrogen-bond acceptors (Lipinski definition) is 4. The smallest absolute Gasteiger partial charge is 0.355 e. The highest BCUT2D eigenvalue weighted by Gasteiger charge is 2.16. The Morgan fingerprint density at radius 2 is 2.11 bits per heavy atom. The van der Waals surface area contributed by atoms with Crippen molar-refractivity contribution >= 4 is 17.7 Å². The number of aromatic carboxylic acids is 1. The third-order valence-corrected chi connectivity index (χ3v) is 4.06. The first-order valence-electron chi connectivity index (χ1n) is 6.18. The van der Waals surface area contributed by atoms with E-state index in [-0.39, 0.29) is 11.6 Å². The molecular formula is C13H20N2O2S. The van der Waals surface area contributed by atoms with Crippen molar-refractivity contribution in [3.8, 4) is 0 Å². The van der Waals surface area contributed by atoms with Crippen LogP contribution in [0.15, 0.2) is 11.1 Å². The lowest BCUT2D eigenvalue weighted by Gasteiger charge is -2.11. The fraction of sp³-hybridized carbons (Fsp3) is 0.615. The summed E-state index contributed by atoms with van der Waals surface area (Å²) in [7, 11) is 0. The number of rotatable bonds is 6. The highest BCUT2D eigenvalue weighted by molar-refractivity contribution is 7.99. The number of thioether (sulfide) groups is 1. The minimum absolute atomic E-state index is 0.127. The van der Waals surface area contributed by atoms with Gasteiger partial charge in [0.2, 0.25) is 0 Å². The normalized spacial score (nSPS) is 12.7. The second-order valence-electron chi connectivity index (χ2n) is 4.73. The maximum atomic E-state index is 11.2. The van der Waals surface area contributed by atoms with Gasteiger partial charge in [-0.3, -0.25) is 0 Å². The van der Waals surface area contributed by atoms with Crippen LogP contribution in [-0.2, 0) is 0 Å². The molecule has 0 aliphatic heterocycles. The molecule has 100 valence electrons. The quantitative estimate of drug-likeness (QED) is 0.801. The first-order chi connectivity index (χ1) is 8.45. The van der Waals surface area contributed by atoms with Gasteiger partial charge >= 0.3 is 5.97 Å². The second kappa shape index (κ2) is 6.73. The Hall–Kier alpha value is -1.10. The van der Waals surface area contributed by atoms with Crippen LogP contribution in [0.2, 0.25) is 0 Å². The fourth-order valence-electron chi connectivity index (χ4n) is 1.27. The summed E-state index contributed by atoms with van der Waals surface area (Å²) in [4.78, 5) is 20.2. The van der Waals surface area contributed by atoms with E-state index in [1.54, 1.807) is 6.20 Å². The zero-order valence-corrected chi connectivity index (χ0v) is 12.1. The maximum Gasteiger partial charge on any atom is 0.355 e. The second-order valence-corrected chi connectivity index (χ2v) is 5.79. The Bertz CT molecular complexity index is 421. The van der Waals surface area contributed by atoms with Gasteiger partial charge in [0.05, 0.1) is 4.90 Å². The molecule has 0 aliphatic carbocycles. The number of carboxylic acids is 1. The molecule has 0 saturated heterocycles. The summed E-state index contributed by atoms with van der Waals surface area (Å²) in [6.45, 7) is 8.18. The van der Waals surface area contributed by atoms with E-state index in [1.807, 2.05) is 13.8 Å². The molecule has 0 saturated carbocycles. The number of carbonyl (C=O) groups is 1. The van der Waals surface area contributed by atoms with Crippen molar-refractivity contribution in [2.24, 2.45) is 5.92 Å². The third-order valence-electron chi connectivity index (χ3n) is 2.71. The average molecular weight is 268 g/mol. The molecule has 18 heavy (non-hydrogen) atoms. The molecule has 0 radical (unpaired) electrons. The number of carboxylic acid groups (broad SMARTS) is 1. The van der Waals surface area contributed by atoms with Crippen molar-refractivity contribution in [3.05, 3.63) is 17.7 Å². The molecule has 1 rings (SSSR count). The van der Waals surface area contributed by atoms with E-state index in [1.165, 1.54) is 11.8 Å². The van der Waals surface area contributed by atoms with E-state index in [9.17, 15) is 9.90 Å². The van der Waals surface area contributed by atoms with Gasteiger partial charge in [-0.2, -0.15) is 0 Å². The molecule has 1 heterocycles. The van der Waals surface area contributed by atoms with Crippen LogP contribution in [0.25, 0.3) is 0 Å². The first-order valence-corrected chi connectivity index (χ1v) is 7.17. The fourth-order valence-corrected chi connectivity index (χ4v) is 2.37. The van der Waals surface area contributed by atoms with Crippen molar-refractivity contribution in [2.45, 2.75) is 44.9 Å². The Labute approximate surface area is 112 Å². The number of nitrogens with zero attached hydrogens (tertiary/aromatic N) is 2. The summed E-state index contributed by atoms with van der Waals surface area (Å²) in [6, 6.07) is 0. The molecule has 0 bridgehead atoms. The number of aromatic nitrogens is 2. The molecule has 5 heteroatoms. The molecule has 4 nitrogen and oxygen atoms in total. The Kier molecular flexibility index (Phi) is 5.59. The van der Waals surface area contributed by atoms with Crippen molar-refractivity contribution in [1.82, 2.24) is 9.97 Å². The summed E-state index contributed by atoms with van der Waals surface area (Å²) < 4.78 is 0. The number of hydrogen-bond donors (Lipinski definition) is 1. The van der Waals surface area contributed by atoms with Gasteiger partial charge in [0.25, 0.3) is 0 Å². The van der Waals surface area contributed by atoms with Gasteiger partial charge in [0.1, 0.15) is 5.82 Å². The molecule has 1 atom stereocenters. The SMILES string of the molecule is CCC(C)CSc1cnc(C(C)C)nc1C(=O)O. The Morgan fingerprint density at radius 1 is 1.44 bits per heavy atom. The topological polar surface area (TPSA) is 63.1 Å². The van der Waals surface area contributed by atoms with Crippen LogP contribution in [-0.4, -0.2) is 26.8 Å². The van der Waals surface area contributed by atoms with Crippen LogP contribution in [0.5, 0.6) is 0 Å². The van der Waals surface area contributed by atoms with Gasteiger partial charge in [0.15, 0.2) is 5.69 Å². The highest BCUT2D eigenvalue weighted by Crippen LogP contribution is 2.25. The molecule has 1 aromatic heterocycles. The molecule has 1 N–H and O–H groups in total. The van der Waals surface area contributed by atoms with Gasteiger partial charge < -0.3 is 5.11 Å². The molecule has 1 aromatic rings. The summed E-state index contributed by atoms with van der Waals surface area (Å²) in [5, 5.41) is 9.19. The largest absolute Gasteiger partial charge is 0.476 e. The lowest BCUT2D eigenvalue weighted by molar-refractivity contribution is 0.0685. The average Bonchev–Trinajstić information content (AvgIpc) is 2.35. The van der Waals surface area contributed by atoms with E-state index in [0.29, 0.717) is 16.6 Å². The Morgan fingerprint density at radius 3 is 2.61 bits per heavy atom. The van der Waals surface area contributed by atoms with Gasteiger partial charge in [-0.25, -0.2) is 14.8 Å². The molecule has 0 amide bonds. The molecular weight excluding hydrogens is 248 g/mol. The predicted molar refractivity (Wildman–Crippen MR) is 73.3 cm³/mol. The zero-order valence-electron chi connectivity index (χ0n) is 11.3. The first kappa shape index (κ1) is 15.0. The summed E-state index contributed by atoms with van der Waals surface area (Å²) in [5.74, 6) is 1.19. The molecule has 1 unspecified atom stereocenters. The zero-order chi connectivity index (χ0) is 13.7. The lowest BCUT2D eigenvalue weighted by atomic mass is 10.2. The van der Waals surface area contributed by atoms with Gasteiger partial charge in [0, 0.05) is 17.9 Å². The molecule has 0 spiro atoms. The van der Waals surface area contributed by atoms with Crippen LogP contribution in [0, 0.1) is 5.92 Å². The van der Waals surface area contributed by atoms with Crippen molar-refractivity contribution < 1.29 is 9.90 Å². The maximum absolute atomic E-state index is 11.2. The molecule has 0 aromatic carbocycles.